The van der Waals surface area contributed by atoms with Crippen LogP contribution in [0.25, 0.3) is 0 Å². The van der Waals surface area contributed by atoms with E-state index >= 15 is 0 Å². The summed E-state index contributed by atoms with van der Waals surface area (Å²) in [5, 5.41) is 12.7. The maximum Gasteiger partial charge on any atom is 0.200 e. The fourth-order valence-electron chi connectivity index (χ4n) is 2.15. The number of halogens is 2. The molecule has 2 N–H and O–H groups in total. The van der Waals surface area contributed by atoms with Crippen molar-refractivity contribution < 1.29 is 13.9 Å². The summed E-state index contributed by atoms with van der Waals surface area (Å²) in [6.07, 6.45) is 2.75. The molecule has 2 nitrogen and oxygen atoms in total. The van der Waals surface area contributed by atoms with Gasteiger partial charge in [-0.25, -0.2) is 4.39 Å². The number of aromatic hydroxyl groups is 1. The minimum atomic E-state index is -1.14. The molecule has 1 aromatic rings. The van der Waals surface area contributed by atoms with E-state index < -0.39 is 17.4 Å². The van der Waals surface area contributed by atoms with Gasteiger partial charge in [0.1, 0.15) is 0 Å². The third-order valence-corrected chi connectivity index (χ3v) is 3.06. The van der Waals surface area contributed by atoms with Crippen molar-refractivity contribution in [2.45, 2.75) is 19.3 Å². The van der Waals surface area contributed by atoms with Crippen LogP contribution in [-0.2, 0) is 6.42 Å². The van der Waals surface area contributed by atoms with E-state index in [-0.39, 0.29) is 0 Å². The Morgan fingerprint density at radius 3 is 2.88 bits per heavy atom. The summed E-state index contributed by atoms with van der Waals surface area (Å²) in [4.78, 5) is 0. The number of hydrogen-bond donors (Lipinski definition) is 2. The van der Waals surface area contributed by atoms with E-state index in [4.69, 9.17) is 0 Å². The number of phenolic OH excluding ortho intramolecular Hbond substituents is 1. The molecule has 0 amide bonds. The van der Waals surface area contributed by atoms with Crippen molar-refractivity contribution in [2.24, 2.45) is 5.92 Å². The molecule has 16 heavy (non-hydrogen) atoms. The van der Waals surface area contributed by atoms with Crippen LogP contribution in [0, 0.1) is 17.6 Å². The van der Waals surface area contributed by atoms with Crippen molar-refractivity contribution in [3.63, 3.8) is 0 Å². The molecule has 0 bridgehead atoms. The highest BCUT2D eigenvalue weighted by molar-refractivity contribution is 5.34. The molecular formula is C12H15F2NO. The van der Waals surface area contributed by atoms with E-state index in [1.54, 1.807) is 0 Å². The number of hydrogen-bond acceptors (Lipinski definition) is 2. The molecule has 88 valence electrons. The summed E-state index contributed by atoms with van der Waals surface area (Å²) < 4.78 is 25.9. The fourth-order valence-corrected chi connectivity index (χ4v) is 2.15. The molecular weight excluding hydrogens is 212 g/mol. The Morgan fingerprint density at radius 1 is 1.38 bits per heavy atom. The molecule has 4 heteroatoms. The second-order valence-corrected chi connectivity index (χ2v) is 4.29. The largest absolute Gasteiger partial charge is 0.505 e. The highest BCUT2D eigenvalue weighted by Gasteiger charge is 2.18. The summed E-state index contributed by atoms with van der Waals surface area (Å²) in [6.45, 7) is 1.89. The first-order chi connectivity index (χ1) is 7.68. The van der Waals surface area contributed by atoms with Gasteiger partial charge in [-0.1, -0.05) is 6.07 Å². The molecule has 1 unspecified atom stereocenters. The predicted octanol–water partition coefficient (Wildman–Crippen LogP) is 2.21. The second-order valence-electron chi connectivity index (χ2n) is 4.29. The Morgan fingerprint density at radius 2 is 2.19 bits per heavy atom. The molecule has 1 atom stereocenters. The summed E-state index contributed by atoms with van der Waals surface area (Å²) >= 11 is 0. The van der Waals surface area contributed by atoms with Crippen molar-refractivity contribution in [3.8, 4) is 5.75 Å². The molecule has 1 saturated heterocycles. The van der Waals surface area contributed by atoms with Crippen LogP contribution in [0.1, 0.15) is 18.4 Å². The molecule has 0 radical (unpaired) electrons. The highest BCUT2D eigenvalue weighted by atomic mass is 19.2. The Kier molecular flexibility index (Phi) is 3.39. The van der Waals surface area contributed by atoms with Crippen LogP contribution < -0.4 is 5.32 Å². The van der Waals surface area contributed by atoms with Crippen molar-refractivity contribution in [2.75, 3.05) is 13.1 Å². The minimum Gasteiger partial charge on any atom is -0.505 e. The normalized spacial score (nSPS) is 21.0. The summed E-state index contributed by atoms with van der Waals surface area (Å²) in [5.41, 5.74) is 0.493. The number of nitrogens with one attached hydrogen (secondary N) is 1. The van der Waals surface area contributed by atoms with Crippen LogP contribution in [0.3, 0.4) is 0 Å². The Bertz CT molecular complexity index is 376. The van der Waals surface area contributed by atoms with Crippen molar-refractivity contribution in [1.82, 2.24) is 5.32 Å². The standard InChI is InChI=1S/C12H15F2NO/c13-10-4-3-9(12(16)11(10)14)6-8-2-1-5-15-7-8/h3-4,8,15-16H,1-2,5-7H2. The maximum absolute atomic E-state index is 13.1. The zero-order valence-electron chi connectivity index (χ0n) is 8.97. The third kappa shape index (κ3) is 2.32. The van der Waals surface area contributed by atoms with Crippen LogP contribution in [0.5, 0.6) is 5.75 Å². The van der Waals surface area contributed by atoms with E-state index in [1.807, 2.05) is 0 Å². The van der Waals surface area contributed by atoms with Gasteiger partial charge in [0.15, 0.2) is 11.6 Å². The van der Waals surface area contributed by atoms with Gasteiger partial charge in [0.25, 0.3) is 0 Å². The van der Waals surface area contributed by atoms with Gasteiger partial charge >= 0.3 is 0 Å². The van der Waals surface area contributed by atoms with Gasteiger partial charge in [-0.2, -0.15) is 4.39 Å². The van der Waals surface area contributed by atoms with E-state index in [0.717, 1.165) is 32.0 Å². The molecule has 1 heterocycles. The number of piperidine rings is 1. The van der Waals surface area contributed by atoms with Gasteiger partial charge < -0.3 is 10.4 Å². The quantitative estimate of drug-likeness (QED) is 0.812. The van der Waals surface area contributed by atoms with Gasteiger partial charge in [0, 0.05) is 0 Å². The smallest absolute Gasteiger partial charge is 0.200 e. The first kappa shape index (κ1) is 11.3. The minimum absolute atomic E-state index is 0.393. The van der Waals surface area contributed by atoms with Gasteiger partial charge in [-0.15, -0.1) is 0 Å². The maximum atomic E-state index is 13.1. The molecule has 2 rings (SSSR count). The first-order valence-electron chi connectivity index (χ1n) is 5.55. The number of phenols is 1. The molecule has 0 spiro atoms. The molecule has 0 saturated carbocycles. The first-order valence-corrected chi connectivity index (χ1v) is 5.55. The zero-order valence-corrected chi connectivity index (χ0v) is 8.97. The molecule has 1 aromatic carbocycles. The third-order valence-electron chi connectivity index (χ3n) is 3.06. The van der Waals surface area contributed by atoms with Gasteiger partial charge in [0.05, 0.1) is 0 Å². The van der Waals surface area contributed by atoms with Crippen LogP contribution in [0.4, 0.5) is 8.78 Å². The van der Waals surface area contributed by atoms with Crippen LogP contribution >= 0.6 is 0 Å². The number of rotatable bonds is 2. The van der Waals surface area contributed by atoms with Crippen LogP contribution in [-0.4, -0.2) is 18.2 Å². The predicted molar refractivity (Wildman–Crippen MR) is 57.3 cm³/mol. The van der Waals surface area contributed by atoms with E-state index in [9.17, 15) is 13.9 Å². The fraction of sp³-hybridized carbons (Fsp3) is 0.500. The monoisotopic (exact) mass is 227 g/mol. The second kappa shape index (κ2) is 4.78. The lowest BCUT2D eigenvalue weighted by Gasteiger charge is -2.23. The van der Waals surface area contributed by atoms with E-state index in [2.05, 4.69) is 5.32 Å². The highest BCUT2D eigenvalue weighted by Crippen LogP contribution is 2.27. The molecule has 0 aliphatic carbocycles. The van der Waals surface area contributed by atoms with E-state index in [1.165, 1.54) is 6.07 Å². The lowest BCUT2D eigenvalue weighted by Crippen LogP contribution is -2.30. The average Bonchev–Trinajstić information content (AvgIpc) is 2.31. The van der Waals surface area contributed by atoms with E-state index in [0.29, 0.717) is 17.9 Å². The molecule has 1 aliphatic heterocycles. The van der Waals surface area contributed by atoms with Gasteiger partial charge in [-0.3, -0.25) is 0 Å². The average molecular weight is 227 g/mol. The SMILES string of the molecule is Oc1c(CC2CCCNC2)ccc(F)c1F. The summed E-state index contributed by atoms with van der Waals surface area (Å²) in [6, 6.07) is 2.53. The Hall–Kier alpha value is -1.16. The summed E-state index contributed by atoms with van der Waals surface area (Å²) in [7, 11) is 0. The van der Waals surface area contributed by atoms with Gasteiger partial charge in [-0.05, 0) is 49.9 Å². The van der Waals surface area contributed by atoms with Gasteiger partial charge in [0.2, 0.25) is 5.82 Å². The molecule has 0 aromatic heterocycles. The van der Waals surface area contributed by atoms with Crippen molar-refractivity contribution >= 4 is 0 Å². The Balaban J connectivity index is 2.11. The van der Waals surface area contributed by atoms with Crippen LogP contribution in [0.15, 0.2) is 12.1 Å². The number of benzene rings is 1. The van der Waals surface area contributed by atoms with Crippen LogP contribution in [0.2, 0.25) is 0 Å². The topological polar surface area (TPSA) is 32.3 Å². The lowest BCUT2D eigenvalue weighted by molar-refractivity contribution is 0.361. The molecule has 1 aliphatic rings. The molecule has 1 fully saturated rings. The zero-order chi connectivity index (χ0) is 11.5. The van der Waals surface area contributed by atoms with Crippen molar-refractivity contribution in [1.29, 1.82) is 0 Å². The summed E-state index contributed by atoms with van der Waals surface area (Å²) in [5.74, 6) is -2.28. The Labute approximate surface area is 93.3 Å². The van der Waals surface area contributed by atoms with Crippen molar-refractivity contribution in [3.05, 3.63) is 29.3 Å². The lowest BCUT2D eigenvalue weighted by atomic mass is 9.92.